The van der Waals surface area contributed by atoms with Crippen molar-refractivity contribution in [2.75, 3.05) is 18.4 Å². The van der Waals surface area contributed by atoms with E-state index in [1.165, 1.54) is 0 Å². The Bertz CT molecular complexity index is 897. The van der Waals surface area contributed by atoms with Crippen LogP contribution < -0.4 is 10.6 Å². The number of amides is 2. The Labute approximate surface area is 169 Å². The number of aryl methyl sites for hydroxylation is 1. The summed E-state index contributed by atoms with van der Waals surface area (Å²) in [4.78, 5) is 26.5. The van der Waals surface area contributed by atoms with Crippen molar-refractivity contribution in [2.45, 2.75) is 26.9 Å². The van der Waals surface area contributed by atoms with Gasteiger partial charge >= 0.3 is 0 Å². The first-order chi connectivity index (χ1) is 14.0. The summed E-state index contributed by atoms with van der Waals surface area (Å²) >= 11 is 0. The molecule has 0 radical (unpaired) electrons. The van der Waals surface area contributed by atoms with Gasteiger partial charge in [-0.15, -0.1) is 0 Å². The summed E-state index contributed by atoms with van der Waals surface area (Å²) in [5.74, 6) is 0.976. The van der Waals surface area contributed by atoms with Gasteiger partial charge in [-0.25, -0.2) is 0 Å². The highest BCUT2D eigenvalue weighted by atomic mass is 16.3. The van der Waals surface area contributed by atoms with Crippen LogP contribution in [0.1, 0.15) is 22.6 Å². The minimum atomic E-state index is -0.268. The number of nitrogens with one attached hydrogen (secondary N) is 2. The molecule has 1 aromatic carbocycles. The van der Waals surface area contributed by atoms with Gasteiger partial charge in [0, 0.05) is 5.69 Å². The maximum Gasteiger partial charge on any atom is 0.243 e. The van der Waals surface area contributed by atoms with Gasteiger partial charge in [0.05, 0.1) is 38.7 Å². The van der Waals surface area contributed by atoms with Crippen molar-refractivity contribution >= 4 is 17.5 Å². The maximum atomic E-state index is 12.4. The molecule has 2 N–H and O–H groups in total. The second-order valence-corrected chi connectivity index (χ2v) is 6.88. The quantitative estimate of drug-likeness (QED) is 0.581. The van der Waals surface area contributed by atoms with Crippen LogP contribution in [0.3, 0.4) is 0 Å². The summed E-state index contributed by atoms with van der Waals surface area (Å²) in [7, 11) is 0. The molecule has 0 aliphatic rings. The number of hydrogen-bond donors (Lipinski definition) is 2. The van der Waals surface area contributed by atoms with Crippen LogP contribution >= 0.6 is 0 Å². The molecule has 3 aromatic rings. The van der Waals surface area contributed by atoms with Gasteiger partial charge in [0.1, 0.15) is 11.5 Å². The van der Waals surface area contributed by atoms with Gasteiger partial charge in [0.25, 0.3) is 0 Å². The third kappa shape index (κ3) is 6.08. The summed E-state index contributed by atoms with van der Waals surface area (Å²) in [5.41, 5.74) is 2.86. The van der Waals surface area contributed by atoms with Crippen LogP contribution in [-0.2, 0) is 22.7 Å². The molecule has 0 aliphatic heterocycles. The van der Waals surface area contributed by atoms with Gasteiger partial charge in [-0.1, -0.05) is 12.1 Å². The lowest BCUT2D eigenvalue weighted by Gasteiger charge is -2.19. The lowest BCUT2D eigenvalue weighted by Crippen LogP contribution is -2.40. The van der Waals surface area contributed by atoms with Crippen molar-refractivity contribution in [1.82, 2.24) is 10.2 Å². The van der Waals surface area contributed by atoms with E-state index in [0.29, 0.717) is 13.1 Å². The molecule has 0 spiro atoms. The third-order valence-electron chi connectivity index (χ3n) is 4.61. The average Bonchev–Trinajstić information content (AvgIpc) is 3.38. The minimum Gasteiger partial charge on any atom is -0.468 e. The lowest BCUT2D eigenvalue weighted by molar-refractivity contribution is -0.125. The van der Waals surface area contributed by atoms with E-state index in [9.17, 15) is 9.59 Å². The third-order valence-corrected chi connectivity index (χ3v) is 4.61. The topological polar surface area (TPSA) is 87.7 Å². The molecular formula is C22H25N3O4. The lowest BCUT2D eigenvalue weighted by atomic mass is 10.1. The highest BCUT2D eigenvalue weighted by molar-refractivity contribution is 5.95. The van der Waals surface area contributed by atoms with Crippen LogP contribution in [0.15, 0.2) is 63.8 Å². The first kappa shape index (κ1) is 20.4. The van der Waals surface area contributed by atoms with E-state index in [2.05, 4.69) is 10.6 Å². The van der Waals surface area contributed by atoms with E-state index >= 15 is 0 Å². The molecule has 0 fully saturated rings. The Morgan fingerprint density at radius 2 is 1.55 bits per heavy atom. The Hall–Kier alpha value is -3.32. The second-order valence-electron chi connectivity index (χ2n) is 6.88. The first-order valence-corrected chi connectivity index (χ1v) is 9.41. The number of carbonyl (C=O) groups is 2. The number of carbonyl (C=O) groups excluding carboxylic acids is 2. The zero-order valence-corrected chi connectivity index (χ0v) is 16.6. The molecular weight excluding hydrogens is 370 g/mol. The van der Waals surface area contributed by atoms with Crippen molar-refractivity contribution in [3.8, 4) is 0 Å². The summed E-state index contributed by atoms with van der Waals surface area (Å²) in [6.45, 7) is 4.86. The van der Waals surface area contributed by atoms with E-state index in [0.717, 1.165) is 28.3 Å². The van der Waals surface area contributed by atoms with Crippen molar-refractivity contribution in [1.29, 1.82) is 0 Å². The molecule has 2 heterocycles. The van der Waals surface area contributed by atoms with Crippen molar-refractivity contribution in [2.24, 2.45) is 0 Å². The van der Waals surface area contributed by atoms with Gasteiger partial charge in [-0.3, -0.25) is 14.5 Å². The van der Waals surface area contributed by atoms with Gasteiger partial charge in [0.15, 0.2) is 0 Å². The molecule has 29 heavy (non-hydrogen) atoms. The van der Waals surface area contributed by atoms with E-state index in [1.54, 1.807) is 24.7 Å². The van der Waals surface area contributed by atoms with E-state index < -0.39 is 0 Å². The van der Waals surface area contributed by atoms with E-state index in [1.807, 2.05) is 49.1 Å². The fraction of sp³-hybridized carbons (Fsp3) is 0.273. The Morgan fingerprint density at radius 1 is 0.897 bits per heavy atom. The number of hydrogen-bond acceptors (Lipinski definition) is 5. The van der Waals surface area contributed by atoms with Crippen molar-refractivity contribution in [3.05, 3.63) is 77.6 Å². The van der Waals surface area contributed by atoms with Gasteiger partial charge < -0.3 is 19.5 Å². The normalized spacial score (nSPS) is 10.9. The SMILES string of the molecule is Cc1cccc(NC(=O)CNC(=O)CN(Cc2ccco2)Cc2ccco2)c1C. The summed E-state index contributed by atoms with van der Waals surface area (Å²) < 4.78 is 10.8. The Balaban J connectivity index is 1.52. The van der Waals surface area contributed by atoms with Gasteiger partial charge in [-0.05, 0) is 55.3 Å². The van der Waals surface area contributed by atoms with Crippen LogP contribution in [0.25, 0.3) is 0 Å². The maximum absolute atomic E-state index is 12.4. The summed E-state index contributed by atoms with van der Waals surface area (Å²) in [6, 6.07) is 13.0. The van der Waals surface area contributed by atoms with Crippen LogP contribution in [0, 0.1) is 13.8 Å². The Morgan fingerprint density at radius 3 is 2.14 bits per heavy atom. The molecule has 0 saturated heterocycles. The second kappa shape index (κ2) is 9.75. The fourth-order valence-electron chi connectivity index (χ4n) is 2.93. The predicted molar refractivity (Wildman–Crippen MR) is 109 cm³/mol. The van der Waals surface area contributed by atoms with Crippen LogP contribution in [0.4, 0.5) is 5.69 Å². The smallest absolute Gasteiger partial charge is 0.243 e. The number of anilines is 1. The Kier molecular flexibility index (Phi) is 6.86. The molecule has 0 saturated carbocycles. The van der Waals surface area contributed by atoms with Crippen molar-refractivity contribution in [3.63, 3.8) is 0 Å². The highest BCUT2D eigenvalue weighted by Gasteiger charge is 2.15. The minimum absolute atomic E-state index is 0.0957. The summed E-state index contributed by atoms with van der Waals surface area (Å²) in [6.07, 6.45) is 3.19. The first-order valence-electron chi connectivity index (χ1n) is 9.41. The summed E-state index contributed by atoms with van der Waals surface area (Å²) in [5, 5.41) is 5.51. The number of furan rings is 2. The standard InChI is InChI=1S/C22H25N3O4/c1-16-6-3-9-20(17(16)2)24-21(26)12-23-22(27)15-25(13-18-7-4-10-28-18)14-19-8-5-11-29-19/h3-11H,12-15H2,1-2H3,(H,23,27)(H,24,26). The molecule has 7 nitrogen and oxygen atoms in total. The molecule has 152 valence electrons. The zero-order chi connectivity index (χ0) is 20.6. The zero-order valence-electron chi connectivity index (χ0n) is 16.6. The molecule has 2 amide bonds. The molecule has 2 aromatic heterocycles. The van der Waals surface area contributed by atoms with Crippen LogP contribution in [0.2, 0.25) is 0 Å². The number of nitrogens with zero attached hydrogens (tertiary/aromatic N) is 1. The van der Waals surface area contributed by atoms with Crippen molar-refractivity contribution < 1.29 is 18.4 Å². The number of benzene rings is 1. The van der Waals surface area contributed by atoms with E-state index in [4.69, 9.17) is 8.83 Å². The monoisotopic (exact) mass is 395 g/mol. The highest BCUT2D eigenvalue weighted by Crippen LogP contribution is 2.17. The molecule has 0 unspecified atom stereocenters. The van der Waals surface area contributed by atoms with E-state index in [-0.39, 0.29) is 24.9 Å². The molecule has 0 aliphatic carbocycles. The van der Waals surface area contributed by atoms with Gasteiger partial charge in [0.2, 0.25) is 11.8 Å². The van der Waals surface area contributed by atoms with Crippen LogP contribution in [0.5, 0.6) is 0 Å². The molecule has 0 bridgehead atoms. The molecule has 3 rings (SSSR count). The predicted octanol–water partition coefficient (Wildman–Crippen LogP) is 3.25. The van der Waals surface area contributed by atoms with Crippen LogP contribution in [-0.4, -0.2) is 29.8 Å². The fourth-order valence-corrected chi connectivity index (χ4v) is 2.93. The largest absolute Gasteiger partial charge is 0.468 e. The molecule has 7 heteroatoms. The van der Waals surface area contributed by atoms with Gasteiger partial charge in [-0.2, -0.15) is 0 Å². The average molecular weight is 395 g/mol. The molecule has 0 atom stereocenters. The number of rotatable bonds is 9.